The Morgan fingerprint density at radius 2 is 1.93 bits per heavy atom. The molecule has 3 saturated heterocycles. The highest BCUT2D eigenvalue weighted by molar-refractivity contribution is 6.32. The Balaban J connectivity index is 1.22. The topological polar surface area (TPSA) is 61.9 Å². The molecule has 3 fully saturated rings. The van der Waals surface area contributed by atoms with Crippen LogP contribution in [0.25, 0.3) is 0 Å². The van der Waals surface area contributed by atoms with E-state index in [1.165, 1.54) is 6.07 Å². The number of halogens is 4. The molecule has 4 rings (SSSR count). The number of carbonyl (C=O) groups excluding carboxylic acids is 2. The minimum atomic E-state index is -4.44. The molecule has 0 atom stereocenters. The maximum absolute atomic E-state index is 12.7. The van der Waals surface area contributed by atoms with Crippen LogP contribution in [0.2, 0.25) is 5.02 Å². The monoisotopic (exact) mass is 445 g/mol. The highest BCUT2D eigenvalue weighted by Gasteiger charge is 2.50. The number of nitrogens with one attached hydrogen (secondary N) is 1. The number of rotatable bonds is 3. The number of alkyl halides is 3. The molecule has 0 aliphatic carbocycles. The first-order chi connectivity index (χ1) is 14.2. The van der Waals surface area contributed by atoms with E-state index in [0.29, 0.717) is 39.2 Å². The molecule has 1 spiro atoms. The molecule has 3 amide bonds. The quantitative estimate of drug-likeness (QED) is 0.774. The molecule has 1 N–H and O–H groups in total. The highest BCUT2D eigenvalue weighted by atomic mass is 35.5. The second-order valence-electron chi connectivity index (χ2n) is 8.35. The van der Waals surface area contributed by atoms with Crippen molar-refractivity contribution in [2.24, 2.45) is 5.92 Å². The first-order valence-corrected chi connectivity index (χ1v) is 10.4. The van der Waals surface area contributed by atoms with Gasteiger partial charge in [-0.2, -0.15) is 13.2 Å². The van der Waals surface area contributed by atoms with Crippen LogP contribution in [0.3, 0.4) is 0 Å². The molecule has 3 heterocycles. The van der Waals surface area contributed by atoms with E-state index >= 15 is 0 Å². The van der Waals surface area contributed by atoms with Gasteiger partial charge >= 0.3 is 12.2 Å². The van der Waals surface area contributed by atoms with Crippen molar-refractivity contribution in [3.8, 4) is 5.75 Å². The molecule has 6 nitrogen and oxygen atoms in total. The third-order valence-corrected chi connectivity index (χ3v) is 6.41. The zero-order chi connectivity index (χ0) is 21.5. The van der Waals surface area contributed by atoms with Crippen LogP contribution in [-0.2, 0) is 11.0 Å². The van der Waals surface area contributed by atoms with Crippen LogP contribution in [-0.4, -0.2) is 60.1 Å². The lowest BCUT2D eigenvalue weighted by Crippen LogP contribution is -2.70. The number of nitrogens with zero attached hydrogens (tertiary/aromatic N) is 2. The number of urea groups is 1. The van der Waals surface area contributed by atoms with Crippen molar-refractivity contribution in [2.75, 3.05) is 32.8 Å². The van der Waals surface area contributed by atoms with Crippen molar-refractivity contribution in [1.82, 2.24) is 15.1 Å². The lowest BCUT2D eigenvalue weighted by atomic mass is 9.88. The summed E-state index contributed by atoms with van der Waals surface area (Å²) in [6, 6.07) is 3.05. The smallest absolute Gasteiger partial charge is 0.416 e. The Labute approximate surface area is 177 Å². The number of likely N-dealkylation sites (tertiary alicyclic amines) is 2. The van der Waals surface area contributed by atoms with E-state index in [1.54, 1.807) is 4.90 Å². The molecular formula is C20H23ClF3N3O3. The van der Waals surface area contributed by atoms with E-state index in [9.17, 15) is 22.8 Å². The molecule has 0 aromatic heterocycles. The Bertz CT molecular complexity index is 834. The van der Waals surface area contributed by atoms with Crippen molar-refractivity contribution in [3.05, 3.63) is 28.8 Å². The summed E-state index contributed by atoms with van der Waals surface area (Å²) >= 11 is 5.93. The van der Waals surface area contributed by atoms with Gasteiger partial charge in [-0.25, -0.2) is 4.79 Å². The summed E-state index contributed by atoms with van der Waals surface area (Å²) < 4.78 is 43.8. The molecule has 1 aromatic carbocycles. The van der Waals surface area contributed by atoms with Crippen molar-refractivity contribution < 1.29 is 27.5 Å². The Morgan fingerprint density at radius 1 is 1.23 bits per heavy atom. The zero-order valence-corrected chi connectivity index (χ0v) is 17.1. The largest absolute Gasteiger partial charge is 0.492 e. The molecule has 0 radical (unpaired) electrons. The number of ether oxygens (including phenoxy) is 1. The van der Waals surface area contributed by atoms with Gasteiger partial charge in [-0.05, 0) is 43.4 Å². The minimum absolute atomic E-state index is 0.00748. The van der Waals surface area contributed by atoms with Crippen LogP contribution in [0.1, 0.15) is 31.2 Å². The van der Waals surface area contributed by atoms with Crippen molar-refractivity contribution in [1.29, 1.82) is 0 Å². The van der Waals surface area contributed by atoms with Crippen LogP contribution in [0, 0.1) is 5.92 Å². The van der Waals surface area contributed by atoms with E-state index in [2.05, 4.69) is 5.32 Å². The second kappa shape index (κ2) is 7.83. The Hall–Kier alpha value is -2.16. The molecule has 0 saturated carbocycles. The average molecular weight is 446 g/mol. The third-order valence-electron chi connectivity index (χ3n) is 6.11. The van der Waals surface area contributed by atoms with Gasteiger partial charge in [0, 0.05) is 32.6 Å². The molecule has 0 bridgehead atoms. The molecule has 30 heavy (non-hydrogen) atoms. The van der Waals surface area contributed by atoms with Gasteiger partial charge in [0.15, 0.2) is 0 Å². The van der Waals surface area contributed by atoms with E-state index in [-0.39, 0.29) is 34.2 Å². The average Bonchev–Trinajstić information content (AvgIpc) is 3.07. The molecule has 164 valence electrons. The summed E-state index contributed by atoms with van der Waals surface area (Å²) in [5.41, 5.74) is -1.03. The number of hydrogen-bond acceptors (Lipinski definition) is 3. The van der Waals surface area contributed by atoms with Crippen LogP contribution < -0.4 is 10.1 Å². The standard InChI is InChI=1S/C20H23ClF3N3O3/c21-15-9-14(20(22,23)24)1-2-16(15)30-10-13-4-7-26(8-5-13)18(29)27-11-19(12-27)6-3-17(28)25-19/h1-2,9,13H,3-8,10-12H2,(H,25,28). The fourth-order valence-corrected chi connectivity index (χ4v) is 4.56. The predicted molar refractivity (Wildman–Crippen MR) is 103 cm³/mol. The summed E-state index contributed by atoms with van der Waals surface area (Å²) in [5, 5.41) is 2.90. The van der Waals surface area contributed by atoms with E-state index in [4.69, 9.17) is 16.3 Å². The number of amides is 3. The van der Waals surface area contributed by atoms with Crippen molar-refractivity contribution in [2.45, 2.75) is 37.4 Å². The maximum atomic E-state index is 12.7. The van der Waals surface area contributed by atoms with E-state index in [1.807, 2.05) is 4.90 Å². The fraction of sp³-hybridized carbons (Fsp3) is 0.600. The first kappa shape index (κ1) is 21.1. The van der Waals surface area contributed by atoms with Crippen LogP contribution in [0.15, 0.2) is 18.2 Å². The molecule has 1 aromatic rings. The number of hydrogen-bond donors (Lipinski definition) is 1. The molecular weight excluding hydrogens is 423 g/mol. The van der Waals surface area contributed by atoms with Gasteiger partial charge in [0.1, 0.15) is 5.75 Å². The van der Waals surface area contributed by atoms with Gasteiger partial charge in [-0.3, -0.25) is 4.79 Å². The van der Waals surface area contributed by atoms with Crippen LogP contribution >= 0.6 is 11.6 Å². The summed E-state index contributed by atoms with van der Waals surface area (Å²) in [7, 11) is 0. The lowest BCUT2D eigenvalue weighted by Gasteiger charge is -2.49. The van der Waals surface area contributed by atoms with Gasteiger partial charge in [0.05, 0.1) is 22.7 Å². The SMILES string of the molecule is O=C1CCC2(CN(C(=O)N3CCC(COc4ccc(C(F)(F)F)cc4Cl)CC3)C2)N1. The van der Waals surface area contributed by atoms with E-state index in [0.717, 1.165) is 31.4 Å². The molecule has 3 aliphatic rings. The van der Waals surface area contributed by atoms with Crippen LogP contribution in [0.4, 0.5) is 18.0 Å². The second-order valence-corrected chi connectivity index (χ2v) is 8.76. The van der Waals surface area contributed by atoms with Gasteiger partial charge in [-0.15, -0.1) is 0 Å². The summed E-state index contributed by atoms with van der Waals surface area (Å²) in [4.78, 5) is 27.6. The highest BCUT2D eigenvalue weighted by Crippen LogP contribution is 2.35. The normalized spacial score (nSPS) is 21.5. The van der Waals surface area contributed by atoms with Gasteiger partial charge in [0.25, 0.3) is 0 Å². The Kier molecular flexibility index (Phi) is 5.50. The minimum Gasteiger partial charge on any atom is -0.492 e. The molecule has 3 aliphatic heterocycles. The van der Waals surface area contributed by atoms with Gasteiger partial charge in [0.2, 0.25) is 5.91 Å². The fourth-order valence-electron chi connectivity index (χ4n) is 4.32. The summed E-state index contributed by atoms with van der Waals surface area (Å²) in [6.07, 6.45) is -1.64. The zero-order valence-electron chi connectivity index (χ0n) is 16.3. The van der Waals surface area contributed by atoms with E-state index < -0.39 is 11.7 Å². The predicted octanol–water partition coefficient (Wildman–Crippen LogP) is 3.53. The van der Waals surface area contributed by atoms with Crippen LogP contribution in [0.5, 0.6) is 5.75 Å². The number of carbonyl (C=O) groups is 2. The van der Waals surface area contributed by atoms with Crippen molar-refractivity contribution >= 4 is 23.5 Å². The molecule has 0 unspecified atom stereocenters. The number of benzene rings is 1. The first-order valence-electron chi connectivity index (χ1n) is 10.00. The lowest BCUT2D eigenvalue weighted by molar-refractivity contribution is -0.137. The van der Waals surface area contributed by atoms with Crippen molar-refractivity contribution in [3.63, 3.8) is 0 Å². The maximum Gasteiger partial charge on any atom is 0.416 e. The van der Waals surface area contributed by atoms with Gasteiger partial charge in [-0.1, -0.05) is 11.6 Å². The number of piperidine rings is 1. The molecule has 10 heteroatoms. The summed E-state index contributed by atoms with van der Waals surface area (Å²) in [5.74, 6) is 0.480. The Morgan fingerprint density at radius 3 is 2.50 bits per heavy atom. The van der Waals surface area contributed by atoms with Gasteiger partial charge < -0.3 is 19.9 Å². The summed E-state index contributed by atoms with van der Waals surface area (Å²) in [6.45, 7) is 2.67. The third kappa shape index (κ3) is 4.31.